The average Bonchev–Trinajstić information content (AvgIpc) is 3.90. The molecule has 0 radical (unpaired) electrons. The molecule has 73 heavy (non-hydrogen) atoms. The first-order valence-corrected chi connectivity index (χ1v) is 26.6. The summed E-state index contributed by atoms with van der Waals surface area (Å²) in [5, 5.41) is 25.2. The molecule has 0 aromatic heterocycles. The van der Waals surface area contributed by atoms with Crippen molar-refractivity contribution >= 4 is 23.6 Å². The fourth-order valence-electron chi connectivity index (χ4n) is 10.8. The number of fused-ring (bicyclic) bond motifs is 3. The van der Waals surface area contributed by atoms with E-state index in [1.807, 2.05) is 122 Å². The van der Waals surface area contributed by atoms with Gasteiger partial charge in [0.2, 0.25) is 12.6 Å². The molecule has 6 atom stereocenters. The molecule has 5 aromatic carbocycles. The van der Waals surface area contributed by atoms with E-state index in [9.17, 15) is 10.2 Å². The van der Waals surface area contributed by atoms with E-state index >= 15 is 4.79 Å². The molecule has 13 nitrogen and oxygen atoms in total. The topological polar surface area (TPSA) is 147 Å². The summed E-state index contributed by atoms with van der Waals surface area (Å²) >= 11 is 1.67. The zero-order chi connectivity index (χ0) is 50.4. The van der Waals surface area contributed by atoms with Gasteiger partial charge < -0.3 is 48.2 Å². The summed E-state index contributed by atoms with van der Waals surface area (Å²) in [5.41, 5.74) is 5.27. The number of hydrogen-bond donors (Lipinski definition) is 2. The molecule has 2 aliphatic heterocycles. The van der Waals surface area contributed by atoms with Crippen molar-refractivity contribution in [3.8, 4) is 28.7 Å². The summed E-state index contributed by atoms with van der Waals surface area (Å²) < 4.78 is 45.1. The molecule has 0 saturated heterocycles. The van der Waals surface area contributed by atoms with Gasteiger partial charge in [-0.1, -0.05) is 96.9 Å². The van der Waals surface area contributed by atoms with Gasteiger partial charge in [-0.2, -0.15) is 0 Å². The van der Waals surface area contributed by atoms with Gasteiger partial charge in [0.15, 0.2) is 11.5 Å². The van der Waals surface area contributed by atoms with Crippen molar-refractivity contribution in [2.45, 2.75) is 87.3 Å². The highest BCUT2D eigenvalue weighted by Crippen LogP contribution is 2.62. The number of benzene rings is 5. The average molecular weight is 1010 g/mol. The first-order valence-electron chi connectivity index (χ1n) is 25.4. The molecule has 4 aliphatic rings. The third-order valence-electron chi connectivity index (χ3n) is 14.2. The molecule has 14 heteroatoms. The van der Waals surface area contributed by atoms with E-state index < -0.39 is 23.8 Å². The van der Waals surface area contributed by atoms with Gasteiger partial charge in [0.05, 0.1) is 31.5 Å². The molecule has 1 fully saturated rings. The fraction of sp³-hybridized carbons (Fsp3) is 0.390. The van der Waals surface area contributed by atoms with E-state index in [0.29, 0.717) is 53.9 Å². The third kappa shape index (κ3) is 12.2. The summed E-state index contributed by atoms with van der Waals surface area (Å²) in [7, 11) is 0. The lowest BCUT2D eigenvalue weighted by Crippen LogP contribution is -2.70. The van der Waals surface area contributed by atoms with E-state index in [-0.39, 0.29) is 77.2 Å². The van der Waals surface area contributed by atoms with Crippen LogP contribution < -0.4 is 18.9 Å². The number of aliphatic hydroxyl groups excluding tert-OH is 2. The minimum atomic E-state index is -1.53. The van der Waals surface area contributed by atoms with E-state index in [4.69, 9.17) is 43.2 Å². The first kappa shape index (κ1) is 51.6. The Morgan fingerprint density at radius 3 is 2.26 bits per heavy atom. The van der Waals surface area contributed by atoms with Crippen LogP contribution in [0.15, 0.2) is 156 Å². The van der Waals surface area contributed by atoms with Crippen molar-refractivity contribution in [1.29, 1.82) is 0 Å². The number of carbonyl (C=O) groups is 1. The monoisotopic (exact) mass is 1010 g/mol. The van der Waals surface area contributed by atoms with Crippen LogP contribution in [0.5, 0.6) is 28.7 Å². The number of thioether (sulfide) groups is 1. The molecule has 6 unspecified atom stereocenters. The van der Waals surface area contributed by atoms with Crippen molar-refractivity contribution in [2.75, 3.05) is 46.1 Å². The number of ether oxygens (including phenoxy) is 7. The lowest BCUT2D eigenvalue weighted by molar-refractivity contribution is -0.256. The predicted molar refractivity (Wildman–Crippen MR) is 280 cm³/mol. The Labute approximate surface area is 432 Å². The second-order valence-electron chi connectivity index (χ2n) is 18.8. The van der Waals surface area contributed by atoms with Gasteiger partial charge in [-0.25, -0.2) is 4.79 Å². The SMILES string of the molecule is C=CCOC12Oc3ccc(Oc4ccc(SC)cc4)cc3C3C(CCCCO)C(CCCCO)C=C(C(=NOCc4ccccc4)CC1N(Cc1ccc4c(c1)OCO4)C(=O)OCCOCc1ccccc1)C32. The van der Waals surface area contributed by atoms with Crippen LogP contribution >= 0.6 is 11.8 Å². The number of rotatable bonds is 25. The fourth-order valence-corrected chi connectivity index (χ4v) is 11.2. The van der Waals surface area contributed by atoms with Crippen molar-refractivity contribution in [3.05, 3.63) is 168 Å². The van der Waals surface area contributed by atoms with Crippen LogP contribution in [0, 0.1) is 17.8 Å². The first-order chi connectivity index (χ1) is 35.9. The van der Waals surface area contributed by atoms with Gasteiger partial charge in [-0.05, 0) is 121 Å². The summed E-state index contributed by atoms with van der Waals surface area (Å²) in [5.74, 6) is 0.843. The summed E-state index contributed by atoms with van der Waals surface area (Å²) in [6.07, 6.45) is 10.1. The number of oxime groups is 1. The molecule has 2 heterocycles. The molecular weight excluding hydrogens is 945 g/mol. The Morgan fingerprint density at radius 2 is 1.52 bits per heavy atom. The largest absolute Gasteiger partial charge is 0.459 e. The van der Waals surface area contributed by atoms with E-state index in [1.54, 1.807) is 22.7 Å². The Kier molecular flexibility index (Phi) is 17.7. The standard InChI is InChI=1S/C59H66N2O11S/c1-3-30-69-59-55(61(37-43-20-26-53-54(33-43)68-40-67-53)58(64)66-32-31-65-38-41-14-6-4-7-15-41)36-51(60-70-39-42-16-8-5-9-17-42)49-34-44(18-10-12-28-62)48(19-11-13-29-63)56(57(49)59)50-35-46(23-27-52(50)72-59)71-45-21-24-47(73-2)25-22-45/h3-9,14-17,20-27,33-35,44,48,55-57,62-63H,1,10-13,18-19,28-32,36-40H2,2H3. The molecule has 0 bridgehead atoms. The smallest absolute Gasteiger partial charge is 0.410 e. The number of unbranched alkanes of at least 4 members (excludes halogenated alkanes) is 2. The van der Waals surface area contributed by atoms with Gasteiger partial charge in [-0.15, -0.1) is 18.3 Å². The van der Waals surface area contributed by atoms with Crippen molar-refractivity contribution in [1.82, 2.24) is 4.90 Å². The maximum atomic E-state index is 15.2. The molecule has 9 rings (SSSR count). The lowest BCUT2D eigenvalue weighted by Gasteiger charge is -2.59. The summed E-state index contributed by atoms with van der Waals surface area (Å²) in [6, 6.07) is 38.5. The maximum Gasteiger partial charge on any atom is 0.410 e. The highest BCUT2D eigenvalue weighted by atomic mass is 32.2. The molecule has 2 N–H and O–H groups in total. The van der Waals surface area contributed by atoms with Crippen LogP contribution in [0.4, 0.5) is 4.79 Å². The minimum Gasteiger partial charge on any atom is -0.459 e. The molecule has 2 aliphatic carbocycles. The second kappa shape index (κ2) is 25.1. The molecule has 0 spiro atoms. The van der Waals surface area contributed by atoms with Gasteiger partial charge in [0, 0.05) is 42.6 Å². The molecular formula is C59H66N2O11S. The number of nitrogens with zero attached hydrogens (tertiary/aromatic N) is 2. The zero-order valence-corrected chi connectivity index (χ0v) is 42.3. The quantitative estimate of drug-likeness (QED) is 0.0248. The van der Waals surface area contributed by atoms with Crippen molar-refractivity contribution in [2.24, 2.45) is 22.9 Å². The van der Waals surface area contributed by atoms with E-state index in [0.717, 1.165) is 58.4 Å². The van der Waals surface area contributed by atoms with Crippen molar-refractivity contribution in [3.63, 3.8) is 0 Å². The number of carbonyl (C=O) groups excluding carboxylic acids is 1. The maximum absolute atomic E-state index is 15.2. The Balaban J connectivity index is 1.19. The number of allylic oxidation sites excluding steroid dienone is 1. The summed E-state index contributed by atoms with van der Waals surface area (Å²) in [6.45, 7) is 5.30. The van der Waals surface area contributed by atoms with Crippen LogP contribution in [0.2, 0.25) is 0 Å². The molecule has 1 amide bonds. The van der Waals surface area contributed by atoms with Gasteiger partial charge in [0.1, 0.15) is 36.5 Å². The van der Waals surface area contributed by atoms with Crippen LogP contribution in [0.3, 0.4) is 0 Å². The van der Waals surface area contributed by atoms with Crippen LogP contribution in [0.25, 0.3) is 0 Å². The van der Waals surface area contributed by atoms with E-state index in [1.165, 1.54) is 0 Å². The van der Waals surface area contributed by atoms with Crippen LogP contribution in [-0.4, -0.2) is 84.8 Å². The molecule has 1 saturated carbocycles. The van der Waals surface area contributed by atoms with Gasteiger partial charge in [-0.3, -0.25) is 4.90 Å². The predicted octanol–water partition coefficient (Wildman–Crippen LogP) is 11.6. The highest BCUT2D eigenvalue weighted by Gasteiger charge is 2.66. The highest BCUT2D eigenvalue weighted by molar-refractivity contribution is 7.98. The van der Waals surface area contributed by atoms with Crippen LogP contribution in [-0.2, 0) is 38.8 Å². The number of aliphatic hydroxyl groups is 2. The van der Waals surface area contributed by atoms with Crippen LogP contribution in [0.1, 0.15) is 73.1 Å². The van der Waals surface area contributed by atoms with Crippen molar-refractivity contribution < 1.29 is 53.0 Å². The minimum absolute atomic E-state index is 0.00530. The summed E-state index contributed by atoms with van der Waals surface area (Å²) in [4.78, 5) is 24.4. The van der Waals surface area contributed by atoms with Gasteiger partial charge in [0.25, 0.3) is 0 Å². The molecule has 384 valence electrons. The third-order valence-corrected chi connectivity index (χ3v) is 14.9. The number of hydrogen-bond acceptors (Lipinski definition) is 13. The Hall–Kier alpha value is -6.29. The lowest BCUT2D eigenvalue weighted by atomic mass is 9.55. The zero-order valence-electron chi connectivity index (χ0n) is 41.5. The van der Waals surface area contributed by atoms with E-state index in [2.05, 4.69) is 18.7 Å². The van der Waals surface area contributed by atoms with Gasteiger partial charge >= 0.3 is 6.09 Å². The normalized spacial score (nSPS) is 21.8. The second-order valence-corrected chi connectivity index (χ2v) is 19.7. The Bertz CT molecular complexity index is 2670. The number of amides is 1. The Morgan fingerprint density at radius 1 is 0.808 bits per heavy atom. The molecule has 5 aromatic rings.